The summed E-state index contributed by atoms with van der Waals surface area (Å²) in [4.78, 5) is 48.7. The number of esters is 3. The van der Waals surface area contributed by atoms with Gasteiger partial charge >= 0.3 is 25.7 Å². The van der Waals surface area contributed by atoms with Crippen LogP contribution in [0.25, 0.3) is 0 Å². The van der Waals surface area contributed by atoms with Crippen molar-refractivity contribution in [3.8, 4) is 0 Å². The van der Waals surface area contributed by atoms with Crippen molar-refractivity contribution in [3.63, 3.8) is 0 Å². The maximum Gasteiger partial charge on any atom is 0.472 e. The predicted molar refractivity (Wildman–Crippen MR) is 325 cm³/mol. The van der Waals surface area contributed by atoms with Gasteiger partial charge in [-0.2, -0.15) is 0 Å². The minimum absolute atomic E-state index is 0.144. The fraction of sp³-hybridized carbons (Fsp3) is 0.682. The van der Waals surface area contributed by atoms with Gasteiger partial charge in [0, 0.05) is 19.3 Å². The van der Waals surface area contributed by atoms with Crippen LogP contribution >= 0.6 is 7.82 Å². The molecule has 0 bridgehead atoms. The summed E-state index contributed by atoms with van der Waals surface area (Å²) in [5.41, 5.74) is 0. The summed E-state index contributed by atoms with van der Waals surface area (Å²) in [6.07, 6.45) is 71.8. The molecule has 0 aliphatic carbocycles. The zero-order valence-corrected chi connectivity index (χ0v) is 50.2. The van der Waals surface area contributed by atoms with E-state index in [1.54, 1.807) is 0 Å². The van der Waals surface area contributed by atoms with Crippen LogP contribution in [0.4, 0.5) is 0 Å². The highest BCUT2D eigenvalue weighted by Crippen LogP contribution is 2.43. The van der Waals surface area contributed by atoms with E-state index in [9.17, 15) is 28.9 Å². The maximum absolute atomic E-state index is 12.9. The van der Waals surface area contributed by atoms with Crippen LogP contribution in [0, 0.1) is 0 Å². The second kappa shape index (κ2) is 59.3. The number of carbonyl (C=O) groups excluding carboxylic acids is 3. The number of aliphatic hydroxyl groups is 1. The number of carbonyl (C=O) groups is 3. The van der Waals surface area contributed by atoms with Crippen molar-refractivity contribution in [2.24, 2.45) is 0 Å². The largest absolute Gasteiger partial charge is 0.472 e. The first kappa shape index (κ1) is 74.1. The number of hydrogen-bond acceptors (Lipinski definition) is 10. The monoisotopic (exact) mass is 1110 g/mol. The lowest BCUT2D eigenvalue weighted by Gasteiger charge is -2.21. The Hall–Kier alpha value is -3.86. The van der Waals surface area contributed by atoms with Crippen LogP contribution in [0.3, 0.4) is 0 Å². The van der Waals surface area contributed by atoms with Crippen LogP contribution in [-0.2, 0) is 42.2 Å². The van der Waals surface area contributed by atoms with Crippen molar-refractivity contribution in [1.82, 2.24) is 0 Å². The third kappa shape index (κ3) is 56.8. The fourth-order valence-electron chi connectivity index (χ4n) is 7.98. The maximum atomic E-state index is 12.9. The molecule has 11 nitrogen and oxygen atoms in total. The SMILES string of the molecule is CC/C=C\C/C=C\C/C=C\C/C=C\CCCCCCCCC(=O)OCC(COP(=O)(O)OCC(CO)OC(=O)CCCCCCC/C=C\C/C=C\CCC)OC(=O)CCCCCCCC/C=C\C/C=C\C/C=C\CCCCC. The van der Waals surface area contributed by atoms with Crippen LogP contribution in [0.1, 0.15) is 252 Å². The van der Waals surface area contributed by atoms with Crippen molar-refractivity contribution >= 4 is 25.7 Å². The fourth-order valence-corrected chi connectivity index (χ4v) is 8.76. The van der Waals surface area contributed by atoms with Crippen LogP contribution in [0.2, 0.25) is 0 Å². The second-order valence-electron chi connectivity index (χ2n) is 20.1. The topological polar surface area (TPSA) is 155 Å². The number of rotatable bonds is 56. The molecule has 446 valence electrons. The lowest BCUT2D eigenvalue weighted by atomic mass is 10.1. The van der Waals surface area contributed by atoms with Gasteiger partial charge in [0.05, 0.1) is 19.8 Å². The average Bonchev–Trinajstić information content (AvgIpc) is 3.43. The zero-order chi connectivity index (χ0) is 56.9. The summed E-state index contributed by atoms with van der Waals surface area (Å²) in [6, 6.07) is 0. The highest BCUT2D eigenvalue weighted by atomic mass is 31.2. The first-order valence-corrected chi connectivity index (χ1v) is 32.3. The number of phosphoric ester groups is 1. The van der Waals surface area contributed by atoms with E-state index in [4.69, 9.17) is 23.3 Å². The number of aliphatic hydroxyl groups excluding tert-OH is 1. The predicted octanol–water partition coefficient (Wildman–Crippen LogP) is 18.6. The molecular weight excluding hydrogens is 1000 g/mol. The quantitative estimate of drug-likeness (QED) is 0.0197. The third-order valence-electron chi connectivity index (χ3n) is 12.6. The molecule has 78 heavy (non-hydrogen) atoms. The van der Waals surface area contributed by atoms with Gasteiger partial charge in [-0.25, -0.2) is 4.57 Å². The number of hydrogen-bond donors (Lipinski definition) is 2. The molecule has 12 heteroatoms. The number of unbranched alkanes of at least 4 members (excludes halogenated alkanes) is 21. The molecule has 0 rings (SSSR count). The summed E-state index contributed by atoms with van der Waals surface area (Å²) in [7, 11) is -4.77. The Bertz CT molecular complexity index is 1720. The normalized spacial score (nSPS) is 14.1. The van der Waals surface area contributed by atoms with E-state index in [1.165, 1.54) is 25.7 Å². The number of phosphoric acid groups is 1. The third-order valence-corrected chi connectivity index (χ3v) is 13.6. The van der Waals surface area contributed by atoms with Crippen LogP contribution in [-0.4, -0.2) is 66.5 Å². The standard InChI is InChI=1S/C66H111O11P/c1-4-7-10-13-16-19-22-25-27-29-31-33-35-38-40-43-46-49-52-55-64(68)73-59-63(77-66(70)57-54-51-48-45-42-39-36-34-32-30-28-26-23-20-17-14-11-8-5-2)61-75-78(71,72)74-60-62(58-67)76-65(69)56-53-50-47-44-41-37-24-21-18-15-12-9-6-3/h7,10,12,15-17,19-21,24-28,31-34,62-63,67H,4-6,8-9,11,13-14,18,22-23,29-30,35-61H2,1-3H3,(H,71,72)/b10-7-,15-12-,19-16-,20-17-,24-21-,27-25-,28-26-,33-31-,34-32-. The van der Waals surface area contributed by atoms with Gasteiger partial charge < -0.3 is 24.2 Å². The zero-order valence-electron chi connectivity index (χ0n) is 49.3. The van der Waals surface area contributed by atoms with E-state index in [1.807, 2.05) is 0 Å². The molecular formula is C66H111O11P. The number of ether oxygens (including phenoxy) is 3. The molecule has 0 heterocycles. The van der Waals surface area contributed by atoms with Gasteiger partial charge in [0.15, 0.2) is 6.10 Å². The van der Waals surface area contributed by atoms with Crippen molar-refractivity contribution < 1.29 is 52.2 Å². The molecule has 0 spiro atoms. The van der Waals surface area contributed by atoms with E-state index < -0.39 is 57.8 Å². The van der Waals surface area contributed by atoms with Crippen LogP contribution < -0.4 is 0 Å². The Balaban J connectivity index is 4.79. The second-order valence-corrected chi connectivity index (χ2v) is 21.6. The lowest BCUT2D eigenvalue weighted by Crippen LogP contribution is -2.30. The molecule has 2 N–H and O–H groups in total. The highest BCUT2D eigenvalue weighted by Gasteiger charge is 2.28. The molecule has 3 atom stereocenters. The van der Waals surface area contributed by atoms with Crippen molar-refractivity contribution in [3.05, 3.63) is 109 Å². The molecule has 0 saturated heterocycles. The molecule has 0 aliphatic rings. The first-order valence-electron chi connectivity index (χ1n) is 30.8. The van der Waals surface area contributed by atoms with Crippen molar-refractivity contribution in [2.45, 2.75) is 264 Å². The van der Waals surface area contributed by atoms with E-state index in [-0.39, 0.29) is 25.9 Å². The van der Waals surface area contributed by atoms with E-state index >= 15 is 0 Å². The summed E-state index contributed by atoms with van der Waals surface area (Å²) in [5.74, 6) is -1.51. The first-order chi connectivity index (χ1) is 38.2. The van der Waals surface area contributed by atoms with Gasteiger partial charge in [-0.1, -0.05) is 220 Å². The molecule has 0 fully saturated rings. The Kier molecular flexibility index (Phi) is 56.3. The summed E-state index contributed by atoms with van der Waals surface area (Å²) in [5, 5.41) is 9.82. The van der Waals surface area contributed by atoms with Gasteiger partial charge in [-0.05, 0) is 122 Å². The molecule has 0 radical (unpaired) electrons. The van der Waals surface area contributed by atoms with Gasteiger partial charge in [0.1, 0.15) is 12.7 Å². The average molecular weight is 1110 g/mol. The number of allylic oxidation sites excluding steroid dienone is 18. The molecule has 0 aromatic carbocycles. The molecule has 0 aromatic heterocycles. The molecule has 0 saturated carbocycles. The van der Waals surface area contributed by atoms with Gasteiger partial charge in [0.2, 0.25) is 0 Å². The van der Waals surface area contributed by atoms with Gasteiger partial charge in [-0.3, -0.25) is 23.4 Å². The summed E-state index contributed by atoms with van der Waals surface area (Å²) < 4.78 is 39.6. The minimum Gasteiger partial charge on any atom is -0.462 e. The molecule has 0 aliphatic heterocycles. The molecule has 3 unspecified atom stereocenters. The molecule has 0 amide bonds. The lowest BCUT2D eigenvalue weighted by molar-refractivity contribution is -0.161. The van der Waals surface area contributed by atoms with Crippen LogP contribution in [0.15, 0.2) is 109 Å². The Morgan fingerprint density at radius 2 is 0.692 bits per heavy atom. The van der Waals surface area contributed by atoms with Crippen molar-refractivity contribution in [2.75, 3.05) is 26.4 Å². The Morgan fingerprint density at radius 3 is 1.08 bits per heavy atom. The van der Waals surface area contributed by atoms with E-state index in [0.717, 1.165) is 167 Å². The van der Waals surface area contributed by atoms with Crippen molar-refractivity contribution in [1.29, 1.82) is 0 Å². The highest BCUT2D eigenvalue weighted by molar-refractivity contribution is 7.47. The van der Waals surface area contributed by atoms with Gasteiger partial charge in [0.25, 0.3) is 0 Å². The Labute approximate surface area is 475 Å². The Morgan fingerprint density at radius 1 is 0.372 bits per heavy atom. The molecule has 0 aromatic rings. The van der Waals surface area contributed by atoms with E-state index in [0.29, 0.717) is 19.3 Å². The minimum atomic E-state index is -4.77. The van der Waals surface area contributed by atoms with E-state index in [2.05, 4.69) is 130 Å². The summed E-state index contributed by atoms with van der Waals surface area (Å²) >= 11 is 0. The van der Waals surface area contributed by atoms with Gasteiger partial charge in [-0.15, -0.1) is 0 Å². The summed E-state index contributed by atoms with van der Waals surface area (Å²) in [6.45, 7) is 4.40. The van der Waals surface area contributed by atoms with Crippen LogP contribution in [0.5, 0.6) is 0 Å². The smallest absolute Gasteiger partial charge is 0.462 e.